The van der Waals surface area contributed by atoms with Crippen molar-refractivity contribution in [3.05, 3.63) is 23.3 Å². The van der Waals surface area contributed by atoms with Crippen molar-refractivity contribution in [2.45, 2.75) is 37.1 Å². The molecule has 2 heterocycles. The van der Waals surface area contributed by atoms with Gasteiger partial charge >= 0.3 is 12.2 Å². The molecule has 2 aliphatic rings. The third-order valence-corrected chi connectivity index (χ3v) is 6.08. The number of piperidine rings is 1. The van der Waals surface area contributed by atoms with Gasteiger partial charge in [0.15, 0.2) is 11.5 Å². The Labute approximate surface area is 184 Å². The highest BCUT2D eigenvalue weighted by Gasteiger charge is 2.41. The van der Waals surface area contributed by atoms with Gasteiger partial charge in [0.2, 0.25) is 0 Å². The van der Waals surface area contributed by atoms with Crippen molar-refractivity contribution in [3.8, 4) is 11.5 Å². The summed E-state index contributed by atoms with van der Waals surface area (Å²) in [6.45, 7) is 0.239. The van der Waals surface area contributed by atoms with Crippen LogP contribution < -0.4 is 20.1 Å². The van der Waals surface area contributed by atoms with Gasteiger partial charge in [-0.2, -0.15) is 0 Å². The standard InChI is InChI=1S/C20H27ClFN3O6/c1-29-17-5-11-3-4-25-10-15(24-20(28)31-12(8-21)9-22)14(23-19(26)27)7-16(25)13(11)6-18(17)30-2/h5-6,12,14-16,23H,3-4,7-10H2,1-2H3,(H,24,28)(H,26,27). The molecule has 1 aromatic carbocycles. The normalized spacial score (nSPS) is 23.7. The first-order valence-corrected chi connectivity index (χ1v) is 10.5. The van der Waals surface area contributed by atoms with Crippen LogP contribution in [0.3, 0.4) is 0 Å². The summed E-state index contributed by atoms with van der Waals surface area (Å²) in [7, 11) is 3.15. The highest BCUT2D eigenvalue weighted by atomic mass is 35.5. The summed E-state index contributed by atoms with van der Waals surface area (Å²) in [5, 5.41) is 14.5. The molecule has 4 unspecified atom stereocenters. The number of rotatable bonds is 7. The molecule has 1 aromatic rings. The summed E-state index contributed by atoms with van der Waals surface area (Å²) in [4.78, 5) is 25.8. The van der Waals surface area contributed by atoms with Crippen molar-refractivity contribution in [2.75, 3.05) is 39.9 Å². The molecular weight excluding hydrogens is 433 g/mol. The average Bonchev–Trinajstić information content (AvgIpc) is 2.76. The second kappa shape index (κ2) is 10.2. The van der Waals surface area contributed by atoms with E-state index in [1.165, 1.54) is 0 Å². The number of methoxy groups -OCH3 is 2. The Balaban J connectivity index is 1.81. The number of alkyl carbamates (subject to hydrolysis) is 1. The molecule has 4 atom stereocenters. The van der Waals surface area contributed by atoms with Crippen molar-refractivity contribution in [2.24, 2.45) is 0 Å². The van der Waals surface area contributed by atoms with Gasteiger partial charge < -0.3 is 30.0 Å². The maximum absolute atomic E-state index is 12.8. The molecule has 1 fully saturated rings. The van der Waals surface area contributed by atoms with E-state index in [-0.39, 0.29) is 11.9 Å². The lowest BCUT2D eigenvalue weighted by Crippen LogP contribution is -2.62. The maximum atomic E-state index is 12.8. The number of carbonyl (C=O) groups is 2. The number of halogens is 2. The van der Waals surface area contributed by atoms with Crippen LogP contribution in [-0.4, -0.2) is 80.2 Å². The summed E-state index contributed by atoms with van der Waals surface area (Å²) >= 11 is 5.57. The minimum absolute atomic E-state index is 0.0593. The Morgan fingerprint density at radius 2 is 1.97 bits per heavy atom. The molecular formula is C20H27ClFN3O6. The number of hydrogen-bond donors (Lipinski definition) is 3. The van der Waals surface area contributed by atoms with Gasteiger partial charge in [-0.15, -0.1) is 11.6 Å². The molecule has 11 heteroatoms. The van der Waals surface area contributed by atoms with Gasteiger partial charge in [-0.25, -0.2) is 14.0 Å². The van der Waals surface area contributed by atoms with Gasteiger partial charge in [0.1, 0.15) is 12.8 Å². The molecule has 2 aliphatic heterocycles. The Morgan fingerprint density at radius 1 is 1.26 bits per heavy atom. The summed E-state index contributed by atoms with van der Waals surface area (Å²) in [5.74, 6) is 1.09. The quantitative estimate of drug-likeness (QED) is 0.537. The van der Waals surface area contributed by atoms with E-state index in [1.807, 2.05) is 12.1 Å². The predicted octanol–water partition coefficient (Wildman–Crippen LogP) is 2.31. The van der Waals surface area contributed by atoms with Gasteiger partial charge in [-0.1, -0.05) is 0 Å². The number of ether oxygens (including phenoxy) is 3. The average molecular weight is 460 g/mol. The highest BCUT2D eigenvalue weighted by molar-refractivity contribution is 6.18. The number of hydrogen-bond acceptors (Lipinski definition) is 6. The fraction of sp³-hybridized carbons (Fsp3) is 0.600. The molecule has 0 radical (unpaired) electrons. The predicted molar refractivity (Wildman–Crippen MR) is 111 cm³/mol. The van der Waals surface area contributed by atoms with Crippen molar-refractivity contribution in [1.29, 1.82) is 0 Å². The fourth-order valence-corrected chi connectivity index (χ4v) is 4.41. The number of benzene rings is 1. The third kappa shape index (κ3) is 5.24. The van der Waals surface area contributed by atoms with Gasteiger partial charge in [-0.3, -0.25) is 4.90 Å². The van der Waals surface area contributed by atoms with Crippen LogP contribution in [0.5, 0.6) is 11.5 Å². The molecule has 3 N–H and O–H groups in total. The Kier molecular flexibility index (Phi) is 7.66. The van der Waals surface area contributed by atoms with Crippen LogP contribution in [0.2, 0.25) is 0 Å². The van der Waals surface area contributed by atoms with Gasteiger partial charge in [-0.05, 0) is 36.1 Å². The number of alkyl halides is 2. The molecule has 0 spiro atoms. The van der Waals surface area contributed by atoms with Crippen molar-refractivity contribution < 1.29 is 33.3 Å². The fourth-order valence-electron chi connectivity index (χ4n) is 4.26. The van der Waals surface area contributed by atoms with Crippen LogP contribution in [0, 0.1) is 0 Å². The van der Waals surface area contributed by atoms with E-state index in [2.05, 4.69) is 15.5 Å². The lowest BCUT2D eigenvalue weighted by Gasteiger charge is -2.47. The maximum Gasteiger partial charge on any atom is 0.407 e. The summed E-state index contributed by atoms with van der Waals surface area (Å²) < 4.78 is 28.6. The minimum atomic E-state index is -1.19. The number of nitrogens with zero attached hydrogens (tertiary/aromatic N) is 1. The zero-order chi connectivity index (χ0) is 22.5. The van der Waals surface area contributed by atoms with Crippen LogP contribution in [0.4, 0.5) is 14.0 Å². The van der Waals surface area contributed by atoms with Gasteiger partial charge in [0.05, 0.1) is 32.2 Å². The molecule has 3 rings (SSSR count). The van der Waals surface area contributed by atoms with Gasteiger partial charge in [0.25, 0.3) is 0 Å². The monoisotopic (exact) mass is 459 g/mol. The Morgan fingerprint density at radius 3 is 2.58 bits per heavy atom. The summed E-state index contributed by atoms with van der Waals surface area (Å²) in [6.07, 6.45) is -1.86. The van der Waals surface area contributed by atoms with E-state index < -0.39 is 37.0 Å². The second-order valence-corrected chi connectivity index (χ2v) is 7.85. The molecule has 0 aliphatic carbocycles. The van der Waals surface area contributed by atoms with Crippen LogP contribution in [0.25, 0.3) is 0 Å². The topological polar surface area (TPSA) is 109 Å². The Bertz CT molecular complexity index is 809. The Hall–Kier alpha value is -2.46. The van der Waals surface area contributed by atoms with Crippen LogP contribution >= 0.6 is 11.6 Å². The lowest BCUT2D eigenvalue weighted by molar-refractivity contribution is 0.0634. The van der Waals surface area contributed by atoms with E-state index in [4.69, 9.17) is 25.8 Å². The first-order valence-electron chi connectivity index (χ1n) is 9.97. The van der Waals surface area contributed by atoms with Crippen molar-refractivity contribution in [3.63, 3.8) is 0 Å². The number of amides is 2. The van der Waals surface area contributed by atoms with E-state index in [9.17, 15) is 19.1 Å². The second-order valence-electron chi connectivity index (χ2n) is 7.55. The van der Waals surface area contributed by atoms with E-state index in [0.717, 1.165) is 24.1 Å². The highest BCUT2D eigenvalue weighted by Crippen LogP contribution is 2.41. The number of nitrogens with one attached hydrogen (secondary N) is 2. The largest absolute Gasteiger partial charge is 0.493 e. The smallest absolute Gasteiger partial charge is 0.407 e. The molecule has 0 bridgehead atoms. The number of carbonyl (C=O) groups excluding carboxylic acids is 1. The molecule has 9 nitrogen and oxygen atoms in total. The molecule has 0 aromatic heterocycles. The number of fused-ring (bicyclic) bond motifs is 3. The third-order valence-electron chi connectivity index (χ3n) is 5.74. The first kappa shape index (κ1) is 23.2. The molecule has 0 saturated carbocycles. The lowest BCUT2D eigenvalue weighted by atomic mass is 9.83. The van der Waals surface area contributed by atoms with E-state index in [0.29, 0.717) is 24.5 Å². The van der Waals surface area contributed by atoms with Crippen LogP contribution in [0.15, 0.2) is 12.1 Å². The molecule has 31 heavy (non-hydrogen) atoms. The van der Waals surface area contributed by atoms with Crippen LogP contribution in [-0.2, 0) is 11.2 Å². The molecule has 2 amide bonds. The summed E-state index contributed by atoms with van der Waals surface area (Å²) in [5.41, 5.74) is 2.16. The van der Waals surface area contributed by atoms with Crippen LogP contribution in [0.1, 0.15) is 23.6 Å². The zero-order valence-electron chi connectivity index (χ0n) is 17.4. The van der Waals surface area contributed by atoms with E-state index >= 15 is 0 Å². The molecule has 1 saturated heterocycles. The van der Waals surface area contributed by atoms with Crippen molar-refractivity contribution >= 4 is 23.8 Å². The SMILES string of the molecule is COc1cc2c(cc1OC)C1CC(NC(=O)O)C(NC(=O)OC(CF)CCl)CN1CC2. The first-order chi connectivity index (χ1) is 14.9. The van der Waals surface area contributed by atoms with Gasteiger partial charge in [0, 0.05) is 19.1 Å². The summed E-state index contributed by atoms with van der Waals surface area (Å²) in [6, 6.07) is 2.71. The minimum Gasteiger partial charge on any atom is -0.493 e. The van der Waals surface area contributed by atoms with Crippen molar-refractivity contribution in [1.82, 2.24) is 15.5 Å². The molecule has 172 valence electrons. The van der Waals surface area contributed by atoms with E-state index in [1.54, 1.807) is 14.2 Å². The zero-order valence-corrected chi connectivity index (χ0v) is 18.2. The number of carboxylic acid groups (broad SMARTS) is 1.